The summed E-state index contributed by atoms with van der Waals surface area (Å²) in [6.07, 6.45) is 1.75. The zero-order chi connectivity index (χ0) is 13.1. The number of nitrogen functional groups attached to an aromatic ring is 1. The van der Waals surface area contributed by atoms with Crippen molar-refractivity contribution >= 4 is 28.2 Å². The van der Waals surface area contributed by atoms with Gasteiger partial charge < -0.3 is 10.2 Å². The number of rotatable bonds is 4. The van der Waals surface area contributed by atoms with Crippen molar-refractivity contribution in [2.24, 2.45) is 0 Å². The van der Waals surface area contributed by atoms with Crippen LogP contribution in [0.5, 0.6) is 0 Å². The highest BCUT2D eigenvalue weighted by Crippen LogP contribution is 2.29. The van der Waals surface area contributed by atoms with Gasteiger partial charge in [0.25, 0.3) is 0 Å². The van der Waals surface area contributed by atoms with Crippen molar-refractivity contribution in [1.29, 1.82) is 0 Å². The number of hydrogen-bond acceptors (Lipinski definition) is 7. The molecule has 0 amide bonds. The molecule has 2 heterocycles. The average Bonchev–Trinajstić information content (AvgIpc) is 3.06. The number of anilines is 1. The van der Waals surface area contributed by atoms with Gasteiger partial charge in [0.05, 0.1) is 16.2 Å². The SMILES string of the molecule is Nc1ncc(SCc2nnc(-c3ccccc3)o2)s1. The Hall–Kier alpha value is -1.86. The van der Waals surface area contributed by atoms with Crippen LogP contribution in [0.15, 0.2) is 45.2 Å². The monoisotopic (exact) mass is 290 g/mol. The number of aromatic nitrogens is 3. The Labute approximate surface area is 117 Å². The van der Waals surface area contributed by atoms with E-state index in [0.29, 0.717) is 22.7 Å². The van der Waals surface area contributed by atoms with Crippen LogP contribution >= 0.6 is 23.1 Å². The standard InChI is InChI=1S/C12H10N4OS2/c13-12-14-6-10(19-12)18-7-9-15-16-11(17-9)8-4-2-1-3-5-8/h1-6H,7H2,(H2,13,14). The summed E-state index contributed by atoms with van der Waals surface area (Å²) in [5, 5.41) is 8.63. The highest BCUT2D eigenvalue weighted by Gasteiger charge is 2.09. The summed E-state index contributed by atoms with van der Waals surface area (Å²) in [5.41, 5.74) is 6.49. The molecule has 3 rings (SSSR count). The molecule has 0 atom stereocenters. The van der Waals surface area contributed by atoms with E-state index in [1.54, 1.807) is 18.0 Å². The Morgan fingerprint density at radius 2 is 2.05 bits per heavy atom. The lowest BCUT2D eigenvalue weighted by Crippen LogP contribution is -1.78. The van der Waals surface area contributed by atoms with Gasteiger partial charge in [-0.3, -0.25) is 0 Å². The smallest absolute Gasteiger partial charge is 0.247 e. The summed E-state index contributed by atoms with van der Waals surface area (Å²) >= 11 is 3.03. The molecule has 0 fully saturated rings. The molecular weight excluding hydrogens is 280 g/mol. The van der Waals surface area contributed by atoms with E-state index in [4.69, 9.17) is 10.2 Å². The molecule has 0 saturated carbocycles. The Kier molecular flexibility index (Phi) is 3.47. The fraction of sp³-hybridized carbons (Fsp3) is 0.0833. The molecule has 0 aliphatic carbocycles. The number of hydrogen-bond donors (Lipinski definition) is 1. The van der Waals surface area contributed by atoms with Crippen LogP contribution in [-0.2, 0) is 5.75 Å². The largest absolute Gasteiger partial charge is 0.420 e. The number of thiazole rings is 1. The maximum atomic E-state index is 5.61. The Morgan fingerprint density at radius 1 is 1.21 bits per heavy atom. The first-order valence-electron chi connectivity index (χ1n) is 5.53. The summed E-state index contributed by atoms with van der Waals surface area (Å²) in [6.45, 7) is 0. The molecule has 19 heavy (non-hydrogen) atoms. The molecule has 0 aliphatic rings. The molecule has 0 aliphatic heterocycles. The molecule has 1 aromatic carbocycles. The molecule has 7 heteroatoms. The maximum absolute atomic E-state index is 5.61. The van der Waals surface area contributed by atoms with Gasteiger partial charge in [-0.05, 0) is 12.1 Å². The van der Waals surface area contributed by atoms with Gasteiger partial charge in [0.15, 0.2) is 5.13 Å². The molecule has 2 N–H and O–H groups in total. The quantitative estimate of drug-likeness (QED) is 0.744. The van der Waals surface area contributed by atoms with E-state index in [2.05, 4.69) is 15.2 Å². The number of benzene rings is 1. The van der Waals surface area contributed by atoms with Crippen molar-refractivity contribution in [2.75, 3.05) is 5.73 Å². The summed E-state index contributed by atoms with van der Waals surface area (Å²) < 4.78 is 6.65. The van der Waals surface area contributed by atoms with Crippen molar-refractivity contribution in [1.82, 2.24) is 15.2 Å². The molecule has 0 unspecified atom stereocenters. The summed E-state index contributed by atoms with van der Waals surface area (Å²) in [7, 11) is 0. The second kappa shape index (κ2) is 5.41. The first-order valence-corrected chi connectivity index (χ1v) is 7.33. The van der Waals surface area contributed by atoms with Crippen LogP contribution in [0, 0.1) is 0 Å². The van der Waals surface area contributed by atoms with Gasteiger partial charge >= 0.3 is 0 Å². The third-order valence-corrected chi connectivity index (χ3v) is 4.33. The van der Waals surface area contributed by atoms with E-state index in [1.165, 1.54) is 11.3 Å². The second-order valence-electron chi connectivity index (χ2n) is 3.67. The van der Waals surface area contributed by atoms with E-state index in [1.807, 2.05) is 30.3 Å². The normalized spacial score (nSPS) is 10.7. The van der Waals surface area contributed by atoms with Crippen molar-refractivity contribution < 1.29 is 4.42 Å². The zero-order valence-electron chi connectivity index (χ0n) is 9.81. The van der Waals surface area contributed by atoms with Gasteiger partial charge in [-0.1, -0.05) is 29.5 Å². The van der Waals surface area contributed by atoms with Gasteiger partial charge in [0.1, 0.15) is 0 Å². The molecule has 0 saturated heterocycles. The number of nitrogens with two attached hydrogens (primary N) is 1. The number of thioether (sulfide) groups is 1. The van der Waals surface area contributed by atoms with Crippen LogP contribution in [0.4, 0.5) is 5.13 Å². The second-order valence-corrected chi connectivity index (χ2v) is 6.01. The lowest BCUT2D eigenvalue weighted by molar-refractivity contribution is 0.528. The topological polar surface area (TPSA) is 77.8 Å². The first kappa shape index (κ1) is 12.2. The van der Waals surface area contributed by atoms with Crippen LogP contribution < -0.4 is 5.73 Å². The van der Waals surface area contributed by atoms with Crippen LogP contribution in [0.25, 0.3) is 11.5 Å². The van der Waals surface area contributed by atoms with Gasteiger partial charge in [-0.25, -0.2) is 4.98 Å². The predicted octanol–water partition coefficient (Wildman–Crippen LogP) is 3.07. The molecule has 0 radical (unpaired) electrons. The Morgan fingerprint density at radius 3 is 2.79 bits per heavy atom. The van der Waals surface area contributed by atoms with Crippen molar-refractivity contribution in [2.45, 2.75) is 9.96 Å². The summed E-state index contributed by atoms with van der Waals surface area (Å²) in [6, 6.07) is 9.70. The molecule has 3 aromatic rings. The zero-order valence-corrected chi connectivity index (χ0v) is 11.4. The molecule has 0 bridgehead atoms. The minimum atomic E-state index is 0.542. The van der Waals surface area contributed by atoms with Gasteiger partial charge in [0.2, 0.25) is 11.8 Å². The van der Waals surface area contributed by atoms with E-state index < -0.39 is 0 Å². The molecule has 2 aromatic heterocycles. The minimum absolute atomic E-state index is 0.542. The van der Waals surface area contributed by atoms with E-state index in [9.17, 15) is 0 Å². The third-order valence-electron chi connectivity index (χ3n) is 2.33. The molecule has 5 nitrogen and oxygen atoms in total. The first-order chi connectivity index (χ1) is 9.31. The van der Waals surface area contributed by atoms with Crippen molar-refractivity contribution in [3.05, 3.63) is 42.4 Å². The van der Waals surface area contributed by atoms with Gasteiger partial charge in [-0.2, -0.15) is 0 Å². The Balaban J connectivity index is 1.68. The lowest BCUT2D eigenvalue weighted by Gasteiger charge is -1.93. The van der Waals surface area contributed by atoms with Crippen molar-refractivity contribution in [3.8, 4) is 11.5 Å². The van der Waals surface area contributed by atoms with E-state index >= 15 is 0 Å². The maximum Gasteiger partial charge on any atom is 0.247 e. The summed E-state index contributed by atoms with van der Waals surface area (Å²) in [5.74, 6) is 1.75. The van der Waals surface area contributed by atoms with Crippen molar-refractivity contribution in [3.63, 3.8) is 0 Å². The van der Waals surface area contributed by atoms with Crippen LogP contribution in [0.1, 0.15) is 5.89 Å². The predicted molar refractivity (Wildman–Crippen MR) is 75.8 cm³/mol. The third kappa shape index (κ3) is 2.94. The highest BCUT2D eigenvalue weighted by atomic mass is 32.2. The van der Waals surface area contributed by atoms with Crippen LogP contribution in [-0.4, -0.2) is 15.2 Å². The van der Waals surface area contributed by atoms with E-state index in [-0.39, 0.29) is 0 Å². The number of nitrogens with zero attached hydrogens (tertiary/aromatic N) is 3. The fourth-order valence-corrected chi connectivity index (χ4v) is 3.08. The lowest BCUT2D eigenvalue weighted by atomic mass is 10.2. The average molecular weight is 290 g/mol. The summed E-state index contributed by atoms with van der Waals surface area (Å²) in [4.78, 5) is 3.99. The van der Waals surface area contributed by atoms with Gasteiger partial charge in [-0.15, -0.1) is 22.0 Å². The van der Waals surface area contributed by atoms with E-state index in [0.717, 1.165) is 9.77 Å². The van der Waals surface area contributed by atoms with Crippen LogP contribution in [0.3, 0.4) is 0 Å². The van der Waals surface area contributed by atoms with Gasteiger partial charge in [0, 0.05) is 5.56 Å². The molecule has 96 valence electrons. The minimum Gasteiger partial charge on any atom is -0.420 e. The highest BCUT2D eigenvalue weighted by molar-refractivity contribution is 8.00. The fourth-order valence-electron chi connectivity index (χ4n) is 1.48. The molecule has 0 spiro atoms. The van der Waals surface area contributed by atoms with Crippen LogP contribution in [0.2, 0.25) is 0 Å². The molecular formula is C12H10N4OS2. The Bertz CT molecular complexity index is 665.